The molecule has 0 aliphatic rings. The number of halogens is 2. The van der Waals surface area contributed by atoms with Crippen molar-refractivity contribution in [3.63, 3.8) is 0 Å². The van der Waals surface area contributed by atoms with Gasteiger partial charge in [-0.05, 0) is 107 Å². The van der Waals surface area contributed by atoms with Crippen molar-refractivity contribution in [2.45, 2.75) is 61.3 Å². The van der Waals surface area contributed by atoms with Crippen LogP contribution in [0.3, 0.4) is 0 Å². The number of carbonyl (C=O) groups is 2. The average Bonchev–Trinajstić information content (AvgIpc) is 3.73. The minimum atomic E-state index is 0.531. The smallest absolute Gasteiger partial charge is 0.166 e. The fraction of sp³-hybridized carbons (Fsp3) is 0.372. The van der Waals surface area contributed by atoms with E-state index in [1.54, 1.807) is 7.11 Å². The molecule has 0 radical (unpaired) electrons. The van der Waals surface area contributed by atoms with Crippen LogP contribution in [0.5, 0.6) is 5.75 Å². The summed E-state index contributed by atoms with van der Waals surface area (Å²) in [6.45, 7) is 18.9. The maximum absolute atomic E-state index is 11.6. The predicted octanol–water partition coefficient (Wildman–Crippen LogP) is 10.4. The molecule has 0 aliphatic carbocycles. The van der Waals surface area contributed by atoms with Crippen molar-refractivity contribution >= 4 is 64.5 Å². The Bertz CT molecular complexity index is 1960. The first-order valence-corrected chi connectivity index (χ1v) is 19.0. The van der Waals surface area contributed by atoms with Gasteiger partial charge in [-0.2, -0.15) is 5.10 Å². The summed E-state index contributed by atoms with van der Waals surface area (Å²) < 4.78 is 12.7. The molecular formula is C43H57Cl2N5O4. The number of benzene rings is 3. The van der Waals surface area contributed by atoms with Gasteiger partial charge in [-0.25, -0.2) is 0 Å². The fourth-order valence-corrected chi connectivity index (χ4v) is 6.38. The van der Waals surface area contributed by atoms with Gasteiger partial charge in [0.25, 0.3) is 0 Å². The highest BCUT2D eigenvalue weighted by Gasteiger charge is 2.22. The van der Waals surface area contributed by atoms with Gasteiger partial charge >= 0.3 is 0 Å². The Balaban J connectivity index is 0.00000116. The van der Waals surface area contributed by atoms with Crippen LogP contribution in [0.2, 0.25) is 10.0 Å². The summed E-state index contributed by atoms with van der Waals surface area (Å²) in [5.74, 6) is 0.813. The second kappa shape index (κ2) is 23.4. The molecule has 0 amide bonds. The summed E-state index contributed by atoms with van der Waals surface area (Å²) in [4.78, 5) is 22.9. The number of rotatable bonds is 14. The zero-order valence-corrected chi connectivity index (χ0v) is 35.0. The van der Waals surface area contributed by atoms with E-state index in [1.165, 1.54) is 0 Å². The molecule has 0 fully saturated rings. The second-order valence-electron chi connectivity index (χ2n) is 12.3. The summed E-state index contributed by atoms with van der Waals surface area (Å²) in [6.07, 6.45) is 4.56. The summed E-state index contributed by atoms with van der Waals surface area (Å²) in [7, 11) is 5.58. The molecule has 0 bridgehead atoms. The average molecular weight is 779 g/mol. The van der Waals surface area contributed by atoms with Crippen LogP contribution in [0, 0.1) is 27.7 Å². The molecule has 5 aromatic rings. The van der Waals surface area contributed by atoms with Crippen LogP contribution < -0.4 is 15.4 Å². The highest BCUT2D eigenvalue weighted by molar-refractivity contribution is 6.34. The van der Waals surface area contributed by atoms with Crippen LogP contribution in [0.15, 0.2) is 48.5 Å². The molecule has 2 heterocycles. The predicted molar refractivity (Wildman–Crippen MR) is 229 cm³/mol. The molecule has 0 spiro atoms. The molecule has 54 heavy (non-hydrogen) atoms. The Morgan fingerprint density at radius 1 is 1.00 bits per heavy atom. The number of fused-ring (bicyclic) bond motifs is 1. The Hall–Kier alpha value is -4.41. The van der Waals surface area contributed by atoms with Crippen molar-refractivity contribution in [1.82, 2.24) is 20.1 Å². The Morgan fingerprint density at radius 2 is 1.67 bits per heavy atom. The number of nitrogens with one attached hydrogen (secondary N) is 3. The first-order chi connectivity index (χ1) is 26.0. The molecule has 2 aromatic heterocycles. The van der Waals surface area contributed by atoms with E-state index in [4.69, 9.17) is 37.8 Å². The lowest BCUT2D eigenvalue weighted by Crippen LogP contribution is -2.19. The third-order valence-electron chi connectivity index (χ3n) is 8.66. The number of ether oxygens (including phenoxy) is 2. The lowest BCUT2D eigenvalue weighted by Gasteiger charge is -2.21. The van der Waals surface area contributed by atoms with Crippen LogP contribution in [0.4, 0.5) is 5.69 Å². The first kappa shape index (κ1) is 45.7. The molecule has 0 saturated heterocycles. The monoisotopic (exact) mass is 777 g/mol. The van der Waals surface area contributed by atoms with Crippen LogP contribution in [-0.4, -0.2) is 68.3 Å². The standard InChI is InChI=1S/C37H41Cl2N5O2.C3H8O.C2H6.CH2O/c1-22-17-30(18-23(2)35(22)39)46-16-8-11-26(19-27-9-7-10-28-20-29(21-45)42-36(27)28)31-12-13-32(38)34(37(31)41-15-14-40-5)33-24(3)43-44(6)25(33)4;1-3-4-2;2*1-2/h7,9-10,12-13,17-21,40-42H,8,11,14-16H2,1-6H3;3H2,1-2H3;1-2H3;1H2/b26-19+;;;. The maximum atomic E-state index is 11.6. The first-order valence-electron chi connectivity index (χ1n) is 18.2. The van der Waals surface area contributed by atoms with Gasteiger partial charge in [-0.1, -0.05) is 61.3 Å². The summed E-state index contributed by atoms with van der Waals surface area (Å²) in [5.41, 5.74) is 11.5. The number of methoxy groups -OCH3 is 1. The van der Waals surface area contributed by atoms with E-state index in [-0.39, 0.29) is 0 Å². The van der Waals surface area contributed by atoms with Crippen LogP contribution in [-0.2, 0) is 16.6 Å². The van der Waals surface area contributed by atoms with E-state index in [1.807, 2.05) is 104 Å². The molecule has 9 nitrogen and oxygen atoms in total. The minimum absolute atomic E-state index is 0.531. The number of aromatic amines is 1. The van der Waals surface area contributed by atoms with Gasteiger partial charge in [-0.15, -0.1) is 0 Å². The van der Waals surface area contributed by atoms with Gasteiger partial charge in [0.1, 0.15) is 12.5 Å². The highest BCUT2D eigenvalue weighted by atomic mass is 35.5. The number of allylic oxidation sites excluding steroid dienone is 1. The lowest BCUT2D eigenvalue weighted by molar-refractivity contribution is -0.0980. The van der Waals surface area contributed by atoms with Gasteiger partial charge in [-0.3, -0.25) is 9.48 Å². The van der Waals surface area contributed by atoms with Crippen molar-refractivity contribution in [3.8, 4) is 16.9 Å². The third kappa shape index (κ3) is 11.8. The SMILES string of the molecule is C=O.CC.CCOC.CNCCNc1c(/C(=C/c2cccc3cc(C=O)[nH]c23)CCCOc2cc(C)c(Cl)c(C)c2)ccc(Cl)c1-c1c(C)nn(C)c1C. The third-order valence-corrected chi connectivity index (χ3v) is 9.57. The number of nitrogens with zero attached hydrogens (tertiary/aromatic N) is 2. The fourth-order valence-electron chi connectivity index (χ4n) is 6.02. The quantitative estimate of drug-likeness (QED) is 0.0585. The Kier molecular flexibility index (Phi) is 19.8. The second-order valence-corrected chi connectivity index (χ2v) is 13.1. The minimum Gasteiger partial charge on any atom is -0.494 e. The number of aromatic nitrogens is 3. The molecule has 292 valence electrons. The molecule has 5 rings (SSSR count). The number of aldehydes is 1. The van der Waals surface area contributed by atoms with Crippen LogP contribution in [0.1, 0.15) is 77.7 Å². The number of aryl methyl sites for hydroxylation is 4. The van der Waals surface area contributed by atoms with Gasteiger partial charge in [0.05, 0.1) is 34.2 Å². The van der Waals surface area contributed by atoms with Crippen molar-refractivity contribution in [1.29, 1.82) is 0 Å². The topological polar surface area (TPSA) is 110 Å². The molecule has 0 unspecified atom stereocenters. The van der Waals surface area contributed by atoms with Gasteiger partial charge in [0.2, 0.25) is 0 Å². The molecular weight excluding hydrogens is 721 g/mol. The van der Waals surface area contributed by atoms with Crippen molar-refractivity contribution < 1.29 is 19.1 Å². The van der Waals surface area contributed by atoms with E-state index in [9.17, 15) is 4.79 Å². The largest absolute Gasteiger partial charge is 0.494 e. The molecule has 3 N–H and O–H groups in total. The lowest BCUT2D eigenvalue weighted by atomic mass is 9.91. The molecule has 0 aliphatic heterocycles. The number of hydrogen-bond acceptors (Lipinski definition) is 7. The molecule has 0 atom stereocenters. The summed E-state index contributed by atoms with van der Waals surface area (Å²) in [5, 5.41) is 14.1. The van der Waals surface area contributed by atoms with Crippen molar-refractivity contribution in [3.05, 3.63) is 97.9 Å². The zero-order chi connectivity index (χ0) is 40.4. The van der Waals surface area contributed by atoms with Crippen LogP contribution >= 0.6 is 23.2 Å². The van der Waals surface area contributed by atoms with Crippen molar-refractivity contribution in [2.24, 2.45) is 7.05 Å². The molecule has 3 aromatic carbocycles. The number of carbonyl (C=O) groups excluding carboxylic acids is 2. The van der Waals surface area contributed by atoms with E-state index in [2.05, 4.69) is 45.5 Å². The number of likely N-dealkylation sites (N-methyl/N-ethyl adjacent to an activating group) is 1. The van der Waals surface area contributed by atoms with E-state index >= 15 is 0 Å². The Labute approximate surface area is 331 Å². The van der Waals surface area contributed by atoms with Crippen LogP contribution in [0.25, 0.3) is 33.7 Å². The maximum Gasteiger partial charge on any atom is 0.166 e. The summed E-state index contributed by atoms with van der Waals surface area (Å²) in [6, 6.07) is 16.0. The number of para-hydroxylation sites is 1. The van der Waals surface area contributed by atoms with E-state index in [0.29, 0.717) is 23.9 Å². The number of hydrogen-bond donors (Lipinski definition) is 3. The van der Waals surface area contributed by atoms with E-state index < -0.39 is 0 Å². The molecule has 0 saturated carbocycles. The van der Waals surface area contributed by atoms with E-state index in [0.717, 1.165) is 110 Å². The molecule has 11 heteroatoms. The van der Waals surface area contributed by atoms with Gasteiger partial charge < -0.3 is 29.9 Å². The Morgan fingerprint density at radius 3 is 2.24 bits per heavy atom. The normalized spacial score (nSPS) is 10.8. The zero-order valence-electron chi connectivity index (χ0n) is 33.5. The van der Waals surface area contributed by atoms with Gasteiger partial charge in [0.15, 0.2) is 6.29 Å². The number of H-pyrrole nitrogens is 1. The summed E-state index contributed by atoms with van der Waals surface area (Å²) >= 11 is 13.4. The van der Waals surface area contributed by atoms with Gasteiger partial charge in [0, 0.05) is 66.6 Å². The highest BCUT2D eigenvalue weighted by Crippen LogP contribution is 2.44. The van der Waals surface area contributed by atoms with Crippen molar-refractivity contribution in [2.75, 3.05) is 45.8 Å². The number of anilines is 1.